The van der Waals surface area contributed by atoms with E-state index in [0.717, 1.165) is 5.56 Å². The summed E-state index contributed by atoms with van der Waals surface area (Å²) in [4.78, 5) is 24.9. The van der Waals surface area contributed by atoms with E-state index in [-0.39, 0.29) is 18.3 Å². The van der Waals surface area contributed by atoms with Crippen LogP contribution in [-0.4, -0.2) is 46.7 Å². The van der Waals surface area contributed by atoms with E-state index in [1.165, 1.54) is 34.5 Å². The van der Waals surface area contributed by atoms with Crippen LogP contribution in [0.1, 0.15) is 15.9 Å². The molecule has 0 spiro atoms. The number of ketones is 1. The van der Waals surface area contributed by atoms with Gasteiger partial charge in [-0.2, -0.15) is 0 Å². The fourth-order valence-electron chi connectivity index (χ4n) is 3.24. The number of allylic oxidation sites excluding steroid dienone is 1. The van der Waals surface area contributed by atoms with Gasteiger partial charge in [0.1, 0.15) is 5.75 Å². The first-order valence-electron chi connectivity index (χ1n) is 10.7. The summed E-state index contributed by atoms with van der Waals surface area (Å²) >= 11 is 0. The van der Waals surface area contributed by atoms with Crippen molar-refractivity contribution in [2.75, 3.05) is 40.4 Å². The second-order valence-corrected chi connectivity index (χ2v) is 7.21. The number of anilines is 1. The topological polar surface area (TPSA) is 92.3 Å². The molecule has 3 rings (SSSR count). The van der Waals surface area contributed by atoms with Crippen LogP contribution in [0.3, 0.4) is 0 Å². The van der Waals surface area contributed by atoms with Crippen LogP contribution in [0.4, 0.5) is 5.69 Å². The molecular weight excluding hydrogens is 450 g/mol. The standard InChI is InChI=1S/C27H27NO7/c1-31-22-8-6-5-7-20(22)28-27(30)17-35-24-13-10-18(15-25(24)33-3)9-12-21(29)19-11-14-23(32-2)26(16-19)34-4/h5-16H,17H2,1-4H3,(H,28,30)/b12-9+. The molecule has 3 aromatic carbocycles. The Balaban J connectivity index is 1.65. The summed E-state index contributed by atoms with van der Waals surface area (Å²) in [5, 5.41) is 2.75. The molecule has 0 fully saturated rings. The number of hydrogen-bond acceptors (Lipinski definition) is 7. The molecular formula is C27H27NO7. The molecule has 35 heavy (non-hydrogen) atoms. The van der Waals surface area contributed by atoms with E-state index in [1.54, 1.807) is 60.7 Å². The molecule has 0 heterocycles. The first-order valence-corrected chi connectivity index (χ1v) is 10.7. The van der Waals surface area contributed by atoms with Crippen molar-refractivity contribution in [3.8, 4) is 28.7 Å². The third-order valence-corrected chi connectivity index (χ3v) is 5.02. The highest BCUT2D eigenvalue weighted by atomic mass is 16.5. The Morgan fingerprint density at radius 2 is 1.40 bits per heavy atom. The highest BCUT2D eigenvalue weighted by Crippen LogP contribution is 2.30. The van der Waals surface area contributed by atoms with Crippen LogP contribution in [0.2, 0.25) is 0 Å². The predicted molar refractivity (Wildman–Crippen MR) is 133 cm³/mol. The molecule has 1 N–H and O–H groups in total. The SMILES string of the molecule is COc1ccccc1NC(=O)COc1ccc(/C=C/C(=O)c2ccc(OC)c(OC)c2)cc1OC. The number of benzene rings is 3. The van der Waals surface area contributed by atoms with Gasteiger partial charge in [-0.25, -0.2) is 0 Å². The third kappa shape index (κ3) is 6.54. The van der Waals surface area contributed by atoms with Crippen LogP contribution in [0.5, 0.6) is 28.7 Å². The molecule has 0 unspecified atom stereocenters. The molecule has 0 aromatic heterocycles. The molecule has 8 heteroatoms. The molecule has 0 radical (unpaired) electrons. The summed E-state index contributed by atoms with van der Waals surface area (Å²) in [7, 11) is 6.08. The fourth-order valence-corrected chi connectivity index (χ4v) is 3.24. The second-order valence-electron chi connectivity index (χ2n) is 7.21. The van der Waals surface area contributed by atoms with Crippen molar-refractivity contribution in [3.05, 3.63) is 77.9 Å². The summed E-state index contributed by atoms with van der Waals surface area (Å²) in [6.07, 6.45) is 3.12. The lowest BCUT2D eigenvalue weighted by molar-refractivity contribution is -0.118. The molecule has 1 amide bonds. The van der Waals surface area contributed by atoms with Gasteiger partial charge in [0.15, 0.2) is 35.4 Å². The lowest BCUT2D eigenvalue weighted by atomic mass is 10.1. The maximum Gasteiger partial charge on any atom is 0.262 e. The average molecular weight is 478 g/mol. The Kier molecular flexibility index (Phi) is 8.72. The van der Waals surface area contributed by atoms with Crippen molar-refractivity contribution >= 4 is 23.5 Å². The first kappa shape index (κ1) is 25.2. The minimum absolute atomic E-state index is 0.196. The minimum Gasteiger partial charge on any atom is -0.495 e. The monoisotopic (exact) mass is 477 g/mol. The zero-order valence-electron chi connectivity index (χ0n) is 20.0. The molecule has 0 aliphatic carbocycles. The average Bonchev–Trinajstić information content (AvgIpc) is 2.90. The van der Waals surface area contributed by atoms with Crippen molar-refractivity contribution < 1.29 is 33.3 Å². The van der Waals surface area contributed by atoms with Gasteiger partial charge in [-0.05, 0) is 54.1 Å². The molecule has 182 valence electrons. The Bertz CT molecular complexity index is 1220. The predicted octanol–water partition coefficient (Wildman–Crippen LogP) is 4.63. The first-order chi connectivity index (χ1) is 17.0. The molecule has 0 bridgehead atoms. The van der Waals surface area contributed by atoms with Gasteiger partial charge in [0.25, 0.3) is 5.91 Å². The van der Waals surface area contributed by atoms with Gasteiger partial charge < -0.3 is 29.0 Å². The van der Waals surface area contributed by atoms with Crippen LogP contribution in [0, 0.1) is 0 Å². The summed E-state index contributed by atoms with van der Waals surface area (Å²) < 4.78 is 26.7. The number of rotatable bonds is 11. The minimum atomic E-state index is -0.346. The summed E-state index contributed by atoms with van der Waals surface area (Å²) in [5.74, 6) is 1.85. The van der Waals surface area contributed by atoms with Crippen molar-refractivity contribution in [1.29, 1.82) is 0 Å². The van der Waals surface area contributed by atoms with Gasteiger partial charge in [-0.1, -0.05) is 24.3 Å². The Morgan fingerprint density at radius 1 is 0.743 bits per heavy atom. The van der Waals surface area contributed by atoms with Crippen LogP contribution >= 0.6 is 0 Å². The zero-order chi connectivity index (χ0) is 25.2. The van der Waals surface area contributed by atoms with Crippen LogP contribution in [0.25, 0.3) is 6.08 Å². The van der Waals surface area contributed by atoms with E-state index in [4.69, 9.17) is 23.7 Å². The van der Waals surface area contributed by atoms with E-state index < -0.39 is 0 Å². The summed E-state index contributed by atoms with van der Waals surface area (Å²) in [5.41, 5.74) is 1.74. The van der Waals surface area contributed by atoms with E-state index in [9.17, 15) is 9.59 Å². The van der Waals surface area contributed by atoms with Gasteiger partial charge in [0, 0.05) is 5.56 Å². The van der Waals surface area contributed by atoms with E-state index >= 15 is 0 Å². The largest absolute Gasteiger partial charge is 0.495 e. The number of ether oxygens (including phenoxy) is 5. The maximum absolute atomic E-state index is 12.6. The Hall–Kier alpha value is -4.46. The smallest absolute Gasteiger partial charge is 0.262 e. The molecule has 0 saturated heterocycles. The lowest BCUT2D eigenvalue weighted by Crippen LogP contribution is -2.20. The third-order valence-electron chi connectivity index (χ3n) is 5.02. The summed E-state index contributed by atoms with van der Waals surface area (Å²) in [6.45, 7) is -0.221. The Morgan fingerprint density at radius 3 is 2.11 bits per heavy atom. The quantitative estimate of drug-likeness (QED) is 0.318. The molecule has 0 aliphatic rings. The number of carbonyl (C=O) groups is 2. The van der Waals surface area contributed by atoms with Crippen LogP contribution in [-0.2, 0) is 4.79 Å². The summed E-state index contributed by atoms with van der Waals surface area (Å²) in [6, 6.07) is 17.2. The van der Waals surface area contributed by atoms with Gasteiger partial charge in [-0.3, -0.25) is 9.59 Å². The number of hydrogen-bond donors (Lipinski definition) is 1. The number of nitrogens with one attached hydrogen (secondary N) is 1. The highest BCUT2D eigenvalue weighted by molar-refractivity contribution is 6.07. The van der Waals surface area contributed by atoms with E-state index in [0.29, 0.717) is 40.0 Å². The van der Waals surface area contributed by atoms with Crippen LogP contribution < -0.4 is 29.0 Å². The van der Waals surface area contributed by atoms with Crippen molar-refractivity contribution in [2.45, 2.75) is 0 Å². The van der Waals surface area contributed by atoms with Gasteiger partial charge in [0.05, 0.1) is 34.1 Å². The van der Waals surface area contributed by atoms with E-state index in [1.807, 2.05) is 6.07 Å². The zero-order valence-corrected chi connectivity index (χ0v) is 20.0. The molecule has 3 aromatic rings. The number of para-hydroxylation sites is 2. The number of methoxy groups -OCH3 is 4. The highest BCUT2D eigenvalue weighted by Gasteiger charge is 2.12. The van der Waals surface area contributed by atoms with Gasteiger partial charge in [-0.15, -0.1) is 0 Å². The van der Waals surface area contributed by atoms with Crippen molar-refractivity contribution in [2.24, 2.45) is 0 Å². The normalized spacial score (nSPS) is 10.5. The van der Waals surface area contributed by atoms with Gasteiger partial charge >= 0.3 is 0 Å². The maximum atomic E-state index is 12.6. The van der Waals surface area contributed by atoms with E-state index in [2.05, 4.69) is 5.32 Å². The fraction of sp³-hybridized carbons (Fsp3) is 0.185. The molecule has 0 atom stereocenters. The molecule has 0 saturated carbocycles. The van der Waals surface area contributed by atoms with Crippen LogP contribution in [0.15, 0.2) is 66.7 Å². The number of amides is 1. The van der Waals surface area contributed by atoms with Gasteiger partial charge in [0.2, 0.25) is 0 Å². The molecule has 8 nitrogen and oxygen atoms in total. The van der Waals surface area contributed by atoms with Crippen molar-refractivity contribution in [1.82, 2.24) is 0 Å². The molecule has 0 aliphatic heterocycles. The lowest BCUT2D eigenvalue weighted by Gasteiger charge is -2.13. The number of carbonyl (C=O) groups excluding carboxylic acids is 2. The Labute approximate surface area is 204 Å². The van der Waals surface area contributed by atoms with Crippen molar-refractivity contribution in [3.63, 3.8) is 0 Å². The second kappa shape index (κ2) is 12.1.